The van der Waals surface area contributed by atoms with Crippen LogP contribution in [0.3, 0.4) is 0 Å². The van der Waals surface area contributed by atoms with E-state index in [9.17, 15) is 9.59 Å². The van der Waals surface area contributed by atoms with Gasteiger partial charge in [0.2, 0.25) is 11.8 Å². The fourth-order valence-corrected chi connectivity index (χ4v) is 4.91. The van der Waals surface area contributed by atoms with Crippen LogP contribution in [-0.2, 0) is 22.6 Å². The maximum Gasteiger partial charge on any atom is 0.225 e. The number of hydrogen-bond donors (Lipinski definition) is 0. The highest BCUT2D eigenvalue weighted by Gasteiger charge is 2.35. The Hall–Kier alpha value is -2.77. The van der Waals surface area contributed by atoms with Crippen LogP contribution in [0.15, 0.2) is 36.7 Å². The van der Waals surface area contributed by atoms with Gasteiger partial charge in [-0.05, 0) is 54.0 Å². The van der Waals surface area contributed by atoms with Crippen molar-refractivity contribution in [1.29, 1.82) is 0 Å². The van der Waals surface area contributed by atoms with Crippen LogP contribution in [0.5, 0.6) is 0 Å². The molecule has 0 saturated carbocycles. The summed E-state index contributed by atoms with van der Waals surface area (Å²) >= 11 is 0. The summed E-state index contributed by atoms with van der Waals surface area (Å²) in [6.07, 6.45) is 7.87. The third-order valence-corrected chi connectivity index (χ3v) is 6.74. The second kappa shape index (κ2) is 10.5. The first kappa shape index (κ1) is 21.5. The average Bonchev–Trinajstić information content (AvgIpc) is 3.27. The Labute approximate surface area is 183 Å². The molecule has 166 valence electrons. The van der Waals surface area contributed by atoms with Crippen molar-refractivity contribution in [2.45, 2.75) is 51.5 Å². The van der Waals surface area contributed by atoms with E-state index in [0.717, 1.165) is 64.7 Å². The Morgan fingerprint density at radius 1 is 1.00 bits per heavy atom. The van der Waals surface area contributed by atoms with Crippen molar-refractivity contribution in [2.75, 3.05) is 26.2 Å². The summed E-state index contributed by atoms with van der Waals surface area (Å²) in [6, 6.07) is 10.4. The number of carbonyl (C=O) groups is 2. The standard InChI is InChI=1S/C23H32N6O2/c30-22(12-17-29-18-24-25-26-29)27-15-10-20(11-16-27)21-8-4-5-13-28(23(21)31)14-9-19-6-2-1-3-7-19/h1-3,6-7,18,20-21H,4-5,8-17H2/t21-/m1/s1. The Morgan fingerprint density at radius 2 is 1.81 bits per heavy atom. The Kier molecular flexibility index (Phi) is 7.27. The molecule has 2 amide bonds. The molecule has 0 unspecified atom stereocenters. The van der Waals surface area contributed by atoms with Crippen molar-refractivity contribution in [3.8, 4) is 0 Å². The van der Waals surface area contributed by atoms with Crippen molar-refractivity contribution in [1.82, 2.24) is 30.0 Å². The normalized spacial score (nSPS) is 20.6. The van der Waals surface area contributed by atoms with Gasteiger partial charge in [-0.25, -0.2) is 4.68 Å². The lowest BCUT2D eigenvalue weighted by atomic mass is 9.81. The minimum absolute atomic E-state index is 0.108. The second-order valence-corrected chi connectivity index (χ2v) is 8.70. The number of amides is 2. The zero-order valence-electron chi connectivity index (χ0n) is 18.1. The number of carbonyl (C=O) groups excluding carboxylic acids is 2. The zero-order chi connectivity index (χ0) is 21.5. The monoisotopic (exact) mass is 424 g/mol. The van der Waals surface area contributed by atoms with Crippen LogP contribution in [0.4, 0.5) is 0 Å². The molecule has 1 aromatic heterocycles. The molecule has 2 aliphatic heterocycles. The van der Waals surface area contributed by atoms with Gasteiger partial charge in [-0.3, -0.25) is 9.59 Å². The number of aromatic nitrogens is 4. The highest BCUT2D eigenvalue weighted by atomic mass is 16.2. The van der Waals surface area contributed by atoms with Crippen LogP contribution >= 0.6 is 0 Å². The van der Waals surface area contributed by atoms with E-state index in [1.54, 1.807) is 4.68 Å². The van der Waals surface area contributed by atoms with E-state index in [2.05, 4.69) is 44.7 Å². The number of hydrogen-bond acceptors (Lipinski definition) is 5. The predicted octanol–water partition coefficient (Wildman–Crippen LogP) is 2.17. The maximum atomic E-state index is 13.3. The predicted molar refractivity (Wildman–Crippen MR) is 116 cm³/mol. The van der Waals surface area contributed by atoms with Crippen molar-refractivity contribution in [2.24, 2.45) is 11.8 Å². The molecule has 2 aliphatic rings. The first-order valence-corrected chi connectivity index (χ1v) is 11.5. The SMILES string of the molecule is O=C(CCn1cnnn1)N1CCC([C@H]2CCCCN(CCc3ccccc3)C2=O)CC1. The number of aryl methyl sites for hydroxylation is 1. The molecule has 1 aromatic carbocycles. The third kappa shape index (κ3) is 5.68. The van der Waals surface area contributed by atoms with E-state index in [1.807, 2.05) is 11.0 Å². The van der Waals surface area contributed by atoms with E-state index in [-0.39, 0.29) is 11.8 Å². The molecule has 0 spiro atoms. The number of rotatable bonds is 7. The van der Waals surface area contributed by atoms with Crippen LogP contribution in [0.25, 0.3) is 0 Å². The number of benzene rings is 1. The van der Waals surface area contributed by atoms with Crippen LogP contribution < -0.4 is 0 Å². The quantitative estimate of drug-likeness (QED) is 0.680. The summed E-state index contributed by atoms with van der Waals surface area (Å²) in [5.41, 5.74) is 1.28. The summed E-state index contributed by atoms with van der Waals surface area (Å²) in [6.45, 7) is 3.66. The van der Waals surface area contributed by atoms with Crippen molar-refractivity contribution in [3.63, 3.8) is 0 Å². The smallest absolute Gasteiger partial charge is 0.225 e. The summed E-state index contributed by atoms with van der Waals surface area (Å²) in [5.74, 6) is 0.965. The van der Waals surface area contributed by atoms with Gasteiger partial charge in [-0.2, -0.15) is 0 Å². The van der Waals surface area contributed by atoms with Gasteiger partial charge in [-0.1, -0.05) is 36.8 Å². The van der Waals surface area contributed by atoms with E-state index in [1.165, 1.54) is 11.9 Å². The lowest BCUT2D eigenvalue weighted by Gasteiger charge is -2.36. The number of nitrogens with zero attached hydrogens (tertiary/aromatic N) is 6. The summed E-state index contributed by atoms with van der Waals surface area (Å²) in [5, 5.41) is 11.0. The van der Waals surface area contributed by atoms with Crippen LogP contribution in [0, 0.1) is 11.8 Å². The van der Waals surface area contributed by atoms with Crippen molar-refractivity contribution < 1.29 is 9.59 Å². The minimum Gasteiger partial charge on any atom is -0.343 e. The Bertz CT molecular complexity index is 833. The van der Waals surface area contributed by atoms with Gasteiger partial charge in [0.15, 0.2) is 0 Å². The molecule has 2 saturated heterocycles. The third-order valence-electron chi connectivity index (χ3n) is 6.74. The molecular formula is C23H32N6O2. The first-order chi connectivity index (χ1) is 15.2. The van der Waals surface area contributed by atoms with Gasteiger partial charge in [0.25, 0.3) is 0 Å². The van der Waals surface area contributed by atoms with E-state index in [0.29, 0.717) is 24.8 Å². The summed E-state index contributed by atoms with van der Waals surface area (Å²) in [4.78, 5) is 29.9. The van der Waals surface area contributed by atoms with Crippen molar-refractivity contribution >= 4 is 11.8 Å². The summed E-state index contributed by atoms with van der Waals surface area (Å²) in [7, 11) is 0. The topological polar surface area (TPSA) is 84.2 Å². The molecule has 8 nitrogen and oxygen atoms in total. The molecule has 0 radical (unpaired) electrons. The number of piperidine rings is 1. The minimum atomic E-state index is 0.108. The molecule has 2 fully saturated rings. The van der Waals surface area contributed by atoms with Crippen LogP contribution in [0.2, 0.25) is 0 Å². The molecule has 8 heteroatoms. The van der Waals surface area contributed by atoms with Crippen LogP contribution in [0.1, 0.15) is 44.1 Å². The molecule has 31 heavy (non-hydrogen) atoms. The Balaban J connectivity index is 1.27. The largest absolute Gasteiger partial charge is 0.343 e. The molecular weight excluding hydrogens is 392 g/mol. The van der Waals surface area contributed by atoms with Gasteiger partial charge < -0.3 is 9.80 Å². The second-order valence-electron chi connectivity index (χ2n) is 8.70. The lowest BCUT2D eigenvalue weighted by molar-refractivity contribution is -0.138. The highest BCUT2D eigenvalue weighted by Crippen LogP contribution is 2.32. The van der Waals surface area contributed by atoms with E-state index >= 15 is 0 Å². The zero-order valence-corrected chi connectivity index (χ0v) is 18.1. The number of tetrazole rings is 1. The van der Waals surface area contributed by atoms with Crippen molar-refractivity contribution in [3.05, 3.63) is 42.2 Å². The fourth-order valence-electron chi connectivity index (χ4n) is 4.91. The van der Waals surface area contributed by atoms with E-state index in [4.69, 9.17) is 0 Å². The van der Waals surface area contributed by atoms with Gasteiger partial charge in [-0.15, -0.1) is 5.10 Å². The van der Waals surface area contributed by atoms with Gasteiger partial charge >= 0.3 is 0 Å². The molecule has 0 N–H and O–H groups in total. The van der Waals surface area contributed by atoms with Crippen LogP contribution in [-0.4, -0.2) is 68.0 Å². The maximum absolute atomic E-state index is 13.3. The fraction of sp³-hybridized carbons (Fsp3) is 0.609. The molecule has 0 bridgehead atoms. The molecule has 2 aromatic rings. The Morgan fingerprint density at radius 3 is 2.55 bits per heavy atom. The van der Waals surface area contributed by atoms with Gasteiger partial charge in [0, 0.05) is 38.5 Å². The molecule has 4 rings (SSSR count). The summed E-state index contributed by atoms with van der Waals surface area (Å²) < 4.78 is 1.58. The lowest BCUT2D eigenvalue weighted by Crippen LogP contribution is -2.44. The van der Waals surface area contributed by atoms with Gasteiger partial charge in [0.05, 0.1) is 6.54 Å². The average molecular weight is 425 g/mol. The number of likely N-dealkylation sites (tertiary alicyclic amines) is 2. The van der Waals surface area contributed by atoms with Gasteiger partial charge in [0.1, 0.15) is 6.33 Å². The molecule has 1 atom stereocenters. The molecule has 3 heterocycles. The first-order valence-electron chi connectivity index (χ1n) is 11.5. The molecule has 0 aliphatic carbocycles. The van der Waals surface area contributed by atoms with E-state index < -0.39 is 0 Å². The highest BCUT2D eigenvalue weighted by molar-refractivity contribution is 5.79.